The summed E-state index contributed by atoms with van der Waals surface area (Å²) in [5.74, 6) is -62.5. The molecular formula is C16H9ClF16N2O3S. The number of carbonyl (C=O) groups is 2. The van der Waals surface area contributed by atoms with Crippen molar-refractivity contribution in [3.05, 3.63) is 10.6 Å². The number of rotatable bonds is 11. The van der Waals surface area contributed by atoms with Gasteiger partial charge in [-0.2, -0.15) is 70.2 Å². The quantitative estimate of drug-likeness (QED) is 0.162. The Labute approximate surface area is 213 Å². The Hall–Kier alpha value is -2.26. The molecule has 0 unspecified atom stereocenters. The highest BCUT2D eigenvalue weighted by Gasteiger charge is 2.95. The van der Waals surface area contributed by atoms with Crippen molar-refractivity contribution in [1.82, 2.24) is 4.98 Å². The van der Waals surface area contributed by atoms with Crippen LogP contribution in [0.5, 0.6) is 0 Å². The maximum absolute atomic E-state index is 14.0. The molecule has 0 spiro atoms. The molecule has 1 N–H and O–H groups in total. The molecule has 0 radical (unpaired) electrons. The first-order chi connectivity index (χ1) is 17.0. The number of alkyl halides is 17. The number of anilines is 1. The van der Waals surface area contributed by atoms with E-state index in [4.69, 9.17) is 0 Å². The molecule has 5 nitrogen and oxygen atoms in total. The molecule has 0 aliphatic carbocycles. The van der Waals surface area contributed by atoms with Crippen LogP contribution in [0.1, 0.15) is 22.3 Å². The van der Waals surface area contributed by atoms with Gasteiger partial charge in [0.25, 0.3) is 0 Å². The zero-order valence-electron chi connectivity index (χ0n) is 18.2. The fraction of sp³-hybridized carbons (Fsp3) is 0.688. The molecule has 0 aromatic carbocycles. The monoisotopic (exact) mass is 648 g/mol. The first-order valence-electron chi connectivity index (χ1n) is 9.18. The van der Waals surface area contributed by atoms with Crippen LogP contribution in [0, 0.1) is 6.92 Å². The number of nitrogens with one attached hydrogen (secondary N) is 1. The predicted octanol–water partition coefficient (Wildman–Crippen LogP) is 6.85. The Morgan fingerprint density at radius 3 is 1.54 bits per heavy atom. The van der Waals surface area contributed by atoms with Gasteiger partial charge in [0.2, 0.25) is 0 Å². The molecule has 1 aromatic rings. The van der Waals surface area contributed by atoms with Crippen molar-refractivity contribution in [2.24, 2.45) is 0 Å². The second-order valence-corrected chi connectivity index (χ2v) is 8.60. The summed E-state index contributed by atoms with van der Waals surface area (Å²) < 4.78 is 220. The molecule has 23 heteroatoms. The molecule has 1 aromatic heterocycles. The second-order valence-electron chi connectivity index (χ2n) is 7.13. The topological polar surface area (TPSA) is 68.3 Å². The molecule has 0 atom stereocenters. The highest BCUT2D eigenvalue weighted by atomic mass is 35.5. The molecule has 0 aliphatic rings. The minimum Gasteiger partial charge on any atom is -0.462 e. The number of hydrogen-bond acceptors (Lipinski definition) is 5. The van der Waals surface area contributed by atoms with Gasteiger partial charge in [0.05, 0.1) is 12.3 Å². The number of carbonyl (C=O) groups excluding carboxylic acids is 2. The average Bonchev–Trinajstić information content (AvgIpc) is 3.12. The fourth-order valence-corrected chi connectivity index (χ4v) is 3.29. The molecule has 226 valence electrons. The summed E-state index contributed by atoms with van der Waals surface area (Å²) in [6.07, 6.45) is 0. The van der Waals surface area contributed by atoms with Gasteiger partial charge < -0.3 is 4.74 Å². The van der Waals surface area contributed by atoms with Crippen LogP contribution < -0.4 is 5.32 Å². The summed E-state index contributed by atoms with van der Waals surface area (Å²) in [6.45, 7) is 1.92. The average molecular weight is 649 g/mol. The van der Waals surface area contributed by atoms with Gasteiger partial charge in [0.1, 0.15) is 4.88 Å². The number of esters is 1. The number of nitrogens with zero attached hydrogens (tertiary/aromatic N) is 1. The fourth-order valence-electron chi connectivity index (χ4n) is 2.32. The third-order valence-electron chi connectivity index (χ3n) is 4.49. The maximum Gasteiger partial charge on any atom is 0.393 e. The summed E-state index contributed by atoms with van der Waals surface area (Å²) in [5.41, 5.74) is -0.459. The van der Waals surface area contributed by atoms with Crippen LogP contribution in [0.3, 0.4) is 0 Å². The van der Waals surface area contributed by atoms with E-state index in [2.05, 4.69) is 21.3 Å². The molecule has 0 saturated carbocycles. The smallest absolute Gasteiger partial charge is 0.393 e. The van der Waals surface area contributed by atoms with Crippen LogP contribution in [0.4, 0.5) is 75.4 Å². The summed E-state index contributed by atoms with van der Waals surface area (Å²) in [6, 6.07) is 0. The normalized spacial score (nSPS) is 14.8. The Balaban J connectivity index is 3.54. The lowest BCUT2D eigenvalue weighted by Crippen LogP contribution is -2.75. The molecule has 1 heterocycles. The molecule has 0 fully saturated rings. The lowest BCUT2D eigenvalue weighted by atomic mass is 9.89. The van der Waals surface area contributed by atoms with Crippen molar-refractivity contribution >= 4 is 39.9 Å². The van der Waals surface area contributed by atoms with Crippen molar-refractivity contribution in [1.29, 1.82) is 0 Å². The van der Waals surface area contributed by atoms with Crippen molar-refractivity contribution < 1.29 is 84.6 Å². The molecule has 0 saturated heterocycles. The highest BCUT2D eigenvalue weighted by Crippen LogP contribution is 2.64. The highest BCUT2D eigenvalue weighted by molar-refractivity contribution is 7.17. The predicted molar refractivity (Wildman–Crippen MR) is 96.9 cm³/mol. The SMILES string of the molecule is CCOC(=O)c1sc(NC(=O)C(F)(F)C(F)(F)C(F)(F)C(F)(F)C(F)(F)C(F)(F)C(F)(F)C(F)(F)Cl)nc1C. The Kier molecular flexibility index (Phi) is 8.90. The van der Waals surface area contributed by atoms with E-state index in [0.29, 0.717) is 5.32 Å². The largest absolute Gasteiger partial charge is 0.462 e. The van der Waals surface area contributed by atoms with Gasteiger partial charge in [-0.1, -0.05) is 11.3 Å². The maximum atomic E-state index is 14.0. The van der Waals surface area contributed by atoms with E-state index < -0.39 is 74.4 Å². The van der Waals surface area contributed by atoms with Crippen LogP contribution in [0.2, 0.25) is 0 Å². The summed E-state index contributed by atoms with van der Waals surface area (Å²) in [7, 11) is 0. The number of halogens is 17. The summed E-state index contributed by atoms with van der Waals surface area (Å²) >= 11 is 3.30. The van der Waals surface area contributed by atoms with E-state index in [9.17, 15) is 79.8 Å². The standard InChI is InChI=1S/C16H9ClF16N2O3S/c1-3-38-6(36)5-4(2)34-8(39-5)35-7(37)9(18,19)10(20,21)11(22,23)12(24,25)13(26,27)14(28,29)15(30,31)16(17,32)33/h3H2,1-2H3,(H,34,35,37). The van der Waals surface area contributed by atoms with Gasteiger partial charge in [-0.25, -0.2) is 9.78 Å². The second kappa shape index (κ2) is 9.98. The van der Waals surface area contributed by atoms with Crippen molar-refractivity contribution in [2.75, 3.05) is 11.9 Å². The molecule has 0 bridgehead atoms. The van der Waals surface area contributed by atoms with Crippen molar-refractivity contribution in [2.45, 2.75) is 60.7 Å². The van der Waals surface area contributed by atoms with Crippen LogP contribution in [-0.2, 0) is 9.53 Å². The van der Waals surface area contributed by atoms with Crippen LogP contribution in [0.15, 0.2) is 0 Å². The van der Waals surface area contributed by atoms with Crippen LogP contribution >= 0.6 is 22.9 Å². The van der Waals surface area contributed by atoms with Crippen LogP contribution in [-0.4, -0.2) is 70.3 Å². The molecule has 1 amide bonds. The van der Waals surface area contributed by atoms with Crippen LogP contribution in [0.25, 0.3) is 0 Å². The number of thiazole rings is 1. The first kappa shape index (κ1) is 34.8. The number of hydrogen-bond donors (Lipinski definition) is 1. The molecule has 1 rings (SSSR count). The first-order valence-corrected chi connectivity index (χ1v) is 10.4. The van der Waals surface area contributed by atoms with E-state index in [1.807, 2.05) is 0 Å². The minimum absolute atomic E-state index is 0.129. The minimum atomic E-state index is -8.70. The number of amides is 1. The molecular weight excluding hydrogens is 640 g/mol. The van der Waals surface area contributed by atoms with E-state index in [0.717, 1.165) is 6.92 Å². The van der Waals surface area contributed by atoms with E-state index in [1.54, 1.807) is 0 Å². The summed E-state index contributed by atoms with van der Waals surface area (Å²) in [5, 5.41) is -7.52. The van der Waals surface area contributed by atoms with E-state index in [1.165, 1.54) is 6.92 Å². The number of aryl methyl sites for hydroxylation is 1. The van der Waals surface area contributed by atoms with Gasteiger partial charge >= 0.3 is 58.7 Å². The third kappa shape index (κ3) is 5.05. The van der Waals surface area contributed by atoms with Gasteiger partial charge in [0.15, 0.2) is 5.13 Å². The van der Waals surface area contributed by atoms with Gasteiger partial charge in [-0.05, 0) is 25.4 Å². The zero-order valence-corrected chi connectivity index (χ0v) is 19.8. The van der Waals surface area contributed by atoms with Crippen molar-refractivity contribution in [3.8, 4) is 0 Å². The van der Waals surface area contributed by atoms with E-state index >= 15 is 0 Å². The third-order valence-corrected chi connectivity index (χ3v) is 5.78. The Morgan fingerprint density at radius 2 is 1.15 bits per heavy atom. The summed E-state index contributed by atoms with van der Waals surface area (Å²) in [4.78, 5) is 25.7. The van der Waals surface area contributed by atoms with Crippen molar-refractivity contribution in [3.63, 3.8) is 0 Å². The zero-order chi connectivity index (χ0) is 31.4. The number of ether oxygens (including phenoxy) is 1. The lowest BCUT2D eigenvalue weighted by molar-refractivity contribution is -0.445. The van der Waals surface area contributed by atoms with Gasteiger partial charge in [-0.15, -0.1) is 0 Å². The Morgan fingerprint density at radius 1 is 0.769 bits per heavy atom. The molecule has 0 aliphatic heterocycles. The lowest BCUT2D eigenvalue weighted by Gasteiger charge is -2.42. The van der Waals surface area contributed by atoms with Gasteiger partial charge in [0, 0.05) is 0 Å². The van der Waals surface area contributed by atoms with E-state index in [-0.39, 0.29) is 17.9 Å². The molecule has 39 heavy (non-hydrogen) atoms. The Bertz CT molecular complexity index is 1100. The number of aromatic nitrogens is 1. The van der Waals surface area contributed by atoms with Gasteiger partial charge in [-0.3, -0.25) is 10.1 Å².